The summed E-state index contributed by atoms with van der Waals surface area (Å²) in [7, 11) is -3.63. The van der Waals surface area contributed by atoms with E-state index in [2.05, 4.69) is 14.5 Å². The monoisotopic (exact) mass is 507 g/mol. The Balaban J connectivity index is -0.000000151. The van der Waals surface area contributed by atoms with E-state index in [0.29, 0.717) is 24.6 Å². The molecule has 0 saturated carbocycles. The standard InChI is InChI=1S/C12H17N4OS.ClH.NO3.3Na.O3Si/c1-8-11(3-4-17)18-7-16(8)6-10-5-14-9(2)15-12(10)13;;2-1(3)4;;;;1-4(2)3/h5,7,17H,3-4,6H2,1-2H3,(H2,13,14,15);1H;;;;;/q+1;;-1;3*+1;-2/p-1. The number of anilines is 1. The van der Waals surface area contributed by atoms with Crippen molar-refractivity contribution < 1.29 is 130 Å². The van der Waals surface area contributed by atoms with Crippen molar-refractivity contribution in [1.82, 2.24) is 9.97 Å². The van der Waals surface area contributed by atoms with E-state index in [1.165, 1.54) is 4.88 Å². The number of halogens is 1. The minimum absolute atomic E-state index is 0. The molecule has 0 bridgehead atoms. The number of nitrogens with zero attached hydrogens (tertiary/aromatic N) is 4. The van der Waals surface area contributed by atoms with E-state index in [0.717, 1.165) is 11.3 Å². The zero-order chi connectivity index (χ0) is 20.3. The fourth-order valence-corrected chi connectivity index (χ4v) is 2.75. The first-order chi connectivity index (χ1) is 12.1. The summed E-state index contributed by atoms with van der Waals surface area (Å²) in [6.07, 6.45) is 2.47. The summed E-state index contributed by atoms with van der Waals surface area (Å²) in [5.41, 5.74) is 10.0. The SMILES string of the molecule is Cc1ncc(C[n+]2csc(CCO)c2C)c(N)n1.O=[N+]([O-])[O-].O=[Si]([O-])[O-].[Cl-].[Na+].[Na+].[Na+]. The molecule has 2 heterocycles. The molecule has 0 spiro atoms. The molecule has 30 heavy (non-hydrogen) atoms. The Bertz CT molecular complexity index is 743. The second-order valence-corrected chi connectivity index (χ2v) is 6.07. The van der Waals surface area contributed by atoms with E-state index in [9.17, 15) is 0 Å². The molecule has 0 aromatic carbocycles. The number of hydrogen-bond donors (Lipinski definition) is 2. The van der Waals surface area contributed by atoms with E-state index < -0.39 is 14.3 Å². The van der Waals surface area contributed by atoms with Crippen LogP contribution >= 0.6 is 11.3 Å². The summed E-state index contributed by atoms with van der Waals surface area (Å²) >= 11 is 1.65. The molecule has 0 aliphatic heterocycles. The van der Waals surface area contributed by atoms with Gasteiger partial charge in [-0.2, -0.15) is 4.57 Å². The maximum absolute atomic E-state index is 8.98. The first-order valence-corrected chi connectivity index (χ1v) is 9.03. The van der Waals surface area contributed by atoms with Crippen LogP contribution < -0.4 is 121 Å². The van der Waals surface area contributed by atoms with Crippen LogP contribution in [-0.2, 0) is 17.4 Å². The molecule has 2 aromatic heterocycles. The van der Waals surface area contributed by atoms with Crippen molar-refractivity contribution in [2.24, 2.45) is 0 Å². The maximum atomic E-state index is 8.98. The van der Waals surface area contributed by atoms with Gasteiger partial charge >= 0.3 is 88.7 Å². The Morgan fingerprint density at radius 2 is 1.73 bits per heavy atom. The molecule has 18 heteroatoms. The first-order valence-electron chi connectivity index (χ1n) is 6.93. The van der Waals surface area contributed by atoms with Crippen LogP contribution in [0.25, 0.3) is 0 Å². The van der Waals surface area contributed by atoms with Crippen molar-refractivity contribution in [3.8, 4) is 0 Å². The number of aromatic nitrogens is 3. The number of rotatable bonds is 4. The molecule has 0 unspecified atom stereocenters. The Kier molecular flexibility index (Phi) is 31.0. The van der Waals surface area contributed by atoms with Gasteiger partial charge in [-0.25, -0.2) is 9.97 Å². The van der Waals surface area contributed by atoms with Gasteiger partial charge < -0.3 is 52.6 Å². The second-order valence-electron chi connectivity index (χ2n) is 4.63. The zero-order valence-corrected chi connectivity index (χ0v) is 25.9. The minimum Gasteiger partial charge on any atom is -1.00 e. The van der Waals surface area contributed by atoms with Gasteiger partial charge in [0.25, 0.3) is 0 Å². The van der Waals surface area contributed by atoms with Crippen LogP contribution in [0.4, 0.5) is 5.82 Å². The van der Waals surface area contributed by atoms with E-state index >= 15 is 0 Å². The van der Waals surface area contributed by atoms with Crippen molar-refractivity contribution in [2.45, 2.75) is 26.8 Å². The summed E-state index contributed by atoms with van der Waals surface area (Å²) in [4.78, 5) is 34.8. The Labute approximate surface area is 251 Å². The molecule has 0 amide bonds. The van der Waals surface area contributed by atoms with Gasteiger partial charge in [0.15, 0.2) is 12.2 Å². The molecular weight excluding hydrogens is 491 g/mol. The van der Waals surface area contributed by atoms with E-state index in [1.807, 2.05) is 19.4 Å². The molecule has 0 fully saturated rings. The number of aliphatic hydroxyl groups excluding tert-OH is 1. The van der Waals surface area contributed by atoms with Gasteiger partial charge in [0.05, 0.1) is 15.5 Å². The van der Waals surface area contributed by atoms with Crippen molar-refractivity contribution in [2.75, 3.05) is 12.3 Å². The van der Waals surface area contributed by atoms with E-state index in [4.69, 9.17) is 40.2 Å². The van der Waals surface area contributed by atoms with Gasteiger partial charge in [-0.3, -0.25) is 0 Å². The minimum atomic E-state index is -3.63. The summed E-state index contributed by atoms with van der Waals surface area (Å²) in [6, 6.07) is 0. The average Bonchev–Trinajstić information content (AvgIpc) is 2.82. The smallest absolute Gasteiger partial charge is 1.00 e. The average molecular weight is 508 g/mol. The predicted molar refractivity (Wildman–Crippen MR) is 87.1 cm³/mol. The normalized spacial score (nSPS) is 8.10. The van der Waals surface area contributed by atoms with Crippen LogP contribution in [0.5, 0.6) is 0 Å². The van der Waals surface area contributed by atoms with Gasteiger partial charge in [-0.05, 0) is 6.92 Å². The van der Waals surface area contributed by atoms with E-state index in [-0.39, 0.29) is 108 Å². The third-order valence-corrected chi connectivity index (χ3v) is 4.00. The van der Waals surface area contributed by atoms with Crippen LogP contribution in [-0.4, -0.2) is 35.9 Å². The van der Waals surface area contributed by atoms with Crippen LogP contribution in [0.2, 0.25) is 0 Å². The van der Waals surface area contributed by atoms with Gasteiger partial charge in [0, 0.05) is 35.3 Å². The summed E-state index contributed by atoms with van der Waals surface area (Å²) in [5, 5.41) is 23.7. The summed E-state index contributed by atoms with van der Waals surface area (Å²) < 4.78 is 10.6. The number of aliphatic hydroxyl groups is 1. The van der Waals surface area contributed by atoms with Crippen molar-refractivity contribution in [1.29, 1.82) is 0 Å². The van der Waals surface area contributed by atoms with Crippen LogP contribution in [0, 0.1) is 29.2 Å². The first kappa shape index (κ1) is 40.9. The molecule has 0 aliphatic carbocycles. The van der Waals surface area contributed by atoms with Crippen LogP contribution in [0.3, 0.4) is 0 Å². The van der Waals surface area contributed by atoms with E-state index in [1.54, 1.807) is 17.5 Å². The zero-order valence-electron chi connectivity index (χ0n) is 17.3. The fourth-order valence-electron chi connectivity index (χ4n) is 1.77. The molecule has 0 atom stereocenters. The molecule has 152 valence electrons. The topological polar surface area (TPSA) is 205 Å². The van der Waals surface area contributed by atoms with Gasteiger partial charge in [0.1, 0.15) is 11.6 Å². The summed E-state index contributed by atoms with van der Waals surface area (Å²) in [5.74, 6) is 1.22. The second kappa shape index (κ2) is 22.8. The molecular formula is C12H17ClN5Na3O7SSi. The van der Waals surface area contributed by atoms with Crippen molar-refractivity contribution in [3.63, 3.8) is 0 Å². The Morgan fingerprint density at radius 3 is 2.13 bits per heavy atom. The molecule has 12 nitrogen and oxygen atoms in total. The molecule has 0 saturated heterocycles. The third kappa shape index (κ3) is 19.3. The number of hydrogen-bond acceptors (Lipinski definition) is 11. The quantitative estimate of drug-likeness (QED) is 0.173. The Morgan fingerprint density at radius 1 is 1.27 bits per heavy atom. The molecule has 2 aromatic rings. The molecule has 2 rings (SSSR count). The molecule has 0 aliphatic rings. The van der Waals surface area contributed by atoms with Crippen molar-refractivity contribution in [3.05, 3.63) is 49.0 Å². The number of aryl methyl sites for hydroxylation is 1. The Hall–Kier alpha value is 0.577. The fraction of sp³-hybridized carbons (Fsp3) is 0.417. The molecule has 0 radical (unpaired) electrons. The van der Waals surface area contributed by atoms with Gasteiger partial charge in [-0.1, -0.05) is 11.3 Å². The predicted octanol–water partition coefficient (Wildman–Crippen LogP) is -14.5. The van der Waals surface area contributed by atoms with Crippen LogP contribution in [0.15, 0.2) is 11.7 Å². The van der Waals surface area contributed by atoms with Gasteiger partial charge in [-0.15, -0.1) is 0 Å². The van der Waals surface area contributed by atoms with Gasteiger partial charge in [0.2, 0.25) is 5.51 Å². The number of nitrogen functional groups attached to an aromatic ring is 1. The number of nitrogens with two attached hydrogens (primary N) is 1. The van der Waals surface area contributed by atoms with Crippen molar-refractivity contribution >= 4 is 26.3 Å². The number of thiazole rings is 1. The maximum Gasteiger partial charge on any atom is 1.00 e. The summed E-state index contributed by atoms with van der Waals surface area (Å²) in [6.45, 7) is 4.71. The largest absolute Gasteiger partial charge is 1.00 e. The third-order valence-electron chi connectivity index (χ3n) is 2.85. The van der Waals surface area contributed by atoms with Crippen LogP contribution in [0.1, 0.15) is 22.0 Å². The molecule has 3 N–H and O–H groups in total.